The Bertz CT molecular complexity index is 2120. The smallest absolute Gasteiger partial charge is 0.408 e. The van der Waals surface area contributed by atoms with Crippen molar-refractivity contribution in [2.24, 2.45) is 11.3 Å². The van der Waals surface area contributed by atoms with Gasteiger partial charge in [-0.05, 0) is 36.8 Å². The number of carbonyl (C=O) groups is 4. The van der Waals surface area contributed by atoms with Gasteiger partial charge in [0.2, 0.25) is 21.8 Å². The van der Waals surface area contributed by atoms with E-state index in [4.69, 9.17) is 19.2 Å². The van der Waals surface area contributed by atoms with E-state index in [1.165, 1.54) is 17.1 Å². The summed E-state index contributed by atoms with van der Waals surface area (Å²) < 4.78 is 44.9. The summed E-state index contributed by atoms with van der Waals surface area (Å²) in [7, 11) is -2.35. The van der Waals surface area contributed by atoms with Crippen molar-refractivity contribution in [1.29, 1.82) is 0 Å². The van der Waals surface area contributed by atoms with E-state index in [0.717, 1.165) is 5.56 Å². The molecule has 1 saturated heterocycles. The van der Waals surface area contributed by atoms with Gasteiger partial charge in [-0.2, -0.15) is 0 Å². The Kier molecular flexibility index (Phi) is 11.0. The Hall–Kier alpha value is -5.44. The molecule has 6 rings (SSSR count). The summed E-state index contributed by atoms with van der Waals surface area (Å²) >= 11 is 0. The molecule has 15 heteroatoms. The minimum absolute atomic E-state index is 0.00676. The minimum atomic E-state index is -3.92. The molecule has 5 atom stereocenters. The molecule has 2 heterocycles. The zero-order valence-corrected chi connectivity index (χ0v) is 32.2. The van der Waals surface area contributed by atoms with Gasteiger partial charge >= 0.3 is 6.09 Å². The van der Waals surface area contributed by atoms with E-state index in [9.17, 15) is 27.6 Å². The first-order chi connectivity index (χ1) is 26.1. The van der Waals surface area contributed by atoms with E-state index in [-0.39, 0.29) is 26.0 Å². The lowest BCUT2D eigenvalue weighted by Gasteiger charge is -2.35. The first-order valence-corrected chi connectivity index (χ1v) is 19.7. The fraction of sp³-hybridized carbons (Fsp3) is 0.425. The molecule has 0 radical (unpaired) electrons. The van der Waals surface area contributed by atoms with Crippen LogP contribution in [0.2, 0.25) is 0 Å². The first-order valence-electron chi connectivity index (χ1n) is 18.2. The van der Waals surface area contributed by atoms with Gasteiger partial charge in [0.25, 0.3) is 5.91 Å². The summed E-state index contributed by atoms with van der Waals surface area (Å²) in [6.07, 6.45) is 2.35. The number of carbonyl (C=O) groups excluding carboxylic acids is 4. The van der Waals surface area contributed by atoms with Crippen LogP contribution in [-0.2, 0) is 29.1 Å². The average molecular weight is 774 g/mol. The van der Waals surface area contributed by atoms with E-state index in [1.807, 2.05) is 36.4 Å². The van der Waals surface area contributed by atoms with E-state index in [0.29, 0.717) is 40.9 Å². The lowest BCUT2D eigenvalue weighted by atomic mass is 9.85. The number of aromatic nitrogens is 1. The lowest BCUT2D eigenvalue weighted by Crippen LogP contribution is -2.60. The highest BCUT2D eigenvalue weighted by Crippen LogP contribution is 2.46. The summed E-state index contributed by atoms with van der Waals surface area (Å²) in [5, 5.41) is 5.47. The second kappa shape index (κ2) is 15.4. The highest BCUT2D eigenvalue weighted by atomic mass is 32.2. The maximum Gasteiger partial charge on any atom is 0.408 e. The molecular weight excluding hydrogens is 727 g/mol. The summed E-state index contributed by atoms with van der Waals surface area (Å²) in [5.41, 5.74) is -0.337. The third-order valence-corrected chi connectivity index (χ3v) is 12.0. The zero-order chi connectivity index (χ0) is 39.7. The van der Waals surface area contributed by atoms with Crippen molar-refractivity contribution in [2.45, 2.75) is 75.4 Å². The van der Waals surface area contributed by atoms with Crippen LogP contribution in [0.5, 0.6) is 11.5 Å². The molecular formula is C40H47N5O9S. The molecule has 0 bridgehead atoms. The van der Waals surface area contributed by atoms with Gasteiger partial charge in [0.05, 0.1) is 30.1 Å². The third kappa shape index (κ3) is 8.46. The summed E-state index contributed by atoms with van der Waals surface area (Å²) in [4.78, 5) is 61.4. The van der Waals surface area contributed by atoms with Crippen molar-refractivity contribution < 1.29 is 41.8 Å². The number of ether oxygens (including phenoxy) is 3. The van der Waals surface area contributed by atoms with Gasteiger partial charge in [0, 0.05) is 35.4 Å². The van der Waals surface area contributed by atoms with Crippen LogP contribution in [0, 0.1) is 11.3 Å². The maximum absolute atomic E-state index is 14.5. The van der Waals surface area contributed by atoms with Crippen molar-refractivity contribution in [3.63, 3.8) is 0 Å². The molecule has 1 aliphatic heterocycles. The fourth-order valence-corrected chi connectivity index (χ4v) is 8.20. The molecule has 14 nitrogen and oxygen atoms in total. The highest BCUT2D eigenvalue weighted by Gasteiger charge is 2.62. The molecule has 2 saturated carbocycles. The largest absolute Gasteiger partial charge is 0.497 e. The summed E-state index contributed by atoms with van der Waals surface area (Å²) in [6, 6.07) is 14.4. The van der Waals surface area contributed by atoms with E-state index >= 15 is 0 Å². The van der Waals surface area contributed by atoms with Crippen molar-refractivity contribution in [3.8, 4) is 22.8 Å². The van der Waals surface area contributed by atoms with E-state index in [2.05, 4.69) is 28.5 Å². The minimum Gasteiger partial charge on any atom is -0.497 e. The third-order valence-electron chi connectivity index (χ3n) is 10.1. The SMILES string of the molecule is C=CCOC(=O)NC(C(=O)N1C[C@H](Oc2cc(-c3ccccc3)nc3cc(OC)ccc23)C[C@H]1C(=O)NC1(C(=O)NS(=O)(=O)C2CC2)CC1C=C)C(C)(C)C. The van der Waals surface area contributed by atoms with Crippen LogP contribution in [0.15, 0.2) is 79.9 Å². The molecule has 3 fully saturated rings. The number of pyridine rings is 1. The number of nitrogens with one attached hydrogen (secondary N) is 3. The quantitative estimate of drug-likeness (QED) is 0.200. The van der Waals surface area contributed by atoms with Crippen molar-refractivity contribution in [2.75, 3.05) is 20.3 Å². The van der Waals surface area contributed by atoms with Crippen LogP contribution >= 0.6 is 0 Å². The number of methoxy groups -OCH3 is 1. The molecule has 0 spiro atoms. The Morgan fingerprint density at radius 1 is 1.07 bits per heavy atom. The van der Waals surface area contributed by atoms with Gasteiger partial charge in [0.1, 0.15) is 41.8 Å². The standard InChI is InChI=1S/C40H47N5O9S/c1-7-18-53-38(49)42-34(39(3,4)5)36(47)45-23-27(20-32(45)35(46)43-40(22-25(40)8-2)37(48)44-55(50,51)28-15-16-28)54-33-21-30(24-12-10-9-11-13-24)41-31-19-26(52-6)14-17-29(31)33/h7-14,17,19,21,25,27-28,32,34H,1-2,15-16,18,20,22-23H2,3-6H3,(H,42,49)(H,43,46)(H,44,48)/t25?,27-,32+,34?,40?/m1/s1. The monoisotopic (exact) mass is 773 g/mol. The molecule has 292 valence electrons. The Morgan fingerprint density at radius 3 is 2.42 bits per heavy atom. The second-order valence-corrected chi connectivity index (χ2v) is 17.2. The van der Waals surface area contributed by atoms with Crippen LogP contribution in [0.3, 0.4) is 0 Å². The Morgan fingerprint density at radius 2 is 1.80 bits per heavy atom. The first kappa shape index (κ1) is 39.3. The number of hydrogen-bond acceptors (Lipinski definition) is 10. The van der Waals surface area contributed by atoms with E-state index in [1.54, 1.807) is 46.1 Å². The maximum atomic E-state index is 14.5. The molecule has 1 aromatic heterocycles. The van der Waals surface area contributed by atoms with Crippen molar-refractivity contribution in [1.82, 2.24) is 25.2 Å². The molecule has 2 aromatic carbocycles. The topological polar surface area (TPSA) is 182 Å². The number of nitrogens with zero attached hydrogens (tertiary/aromatic N) is 2. The lowest BCUT2D eigenvalue weighted by molar-refractivity contribution is -0.142. The summed E-state index contributed by atoms with van der Waals surface area (Å²) in [5.74, 6) is -1.60. The van der Waals surface area contributed by atoms with Crippen molar-refractivity contribution >= 4 is 44.7 Å². The van der Waals surface area contributed by atoms with Gasteiger partial charge in [0.15, 0.2) is 0 Å². The van der Waals surface area contributed by atoms with Crippen LogP contribution in [0.25, 0.3) is 22.2 Å². The van der Waals surface area contributed by atoms with Gasteiger partial charge < -0.3 is 29.7 Å². The number of hydrogen-bond donors (Lipinski definition) is 3. The van der Waals surface area contributed by atoms with Gasteiger partial charge in [-0.3, -0.25) is 19.1 Å². The number of likely N-dealkylation sites (tertiary alicyclic amines) is 1. The number of alkyl carbamates (subject to hydrolysis) is 1. The van der Waals surface area contributed by atoms with Crippen LogP contribution in [0.1, 0.15) is 46.5 Å². The van der Waals surface area contributed by atoms with Crippen LogP contribution < -0.4 is 24.8 Å². The molecule has 3 unspecified atom stereocenters. The second-order valence-electron chi connectivity index (χ2n) is 15.2. The molecule has 4 amide bonds. The molecule has 3 N–H and O–H groups in total. The highest BCUT2D eigenvalue weighted by molar-refractivity contribution is 7.91. The number of amides is 4. The summed E-state index contributed by atoms with van der Waals surface area (Å²) in [6.45, 7) is 12.5. The van der Waals surface area contributed by atoms with Crippen LogP contribution in [0.4, 0.5) is 4.79 Å². The Labute approximate surface area is 320 Å². The normalized spacial score (nSPS) is 22.5. The number of sulfonamides is 1. The zero-order valence-electron chi connectivity index (χ0n) is 31.4. The fourth-order valence-electron chi connectivity index (χ4n) is 6.84. The molecule has 2 aliphatic carbocycles. The Balaban J connectivity index is 1.34. The average Bonchev–Trinajstić information content (AvgIpc) is 4.09. The number of fused-ring (bicyclic) bond motifs is 1. The van der Waals surface area contributed by atoms with Crippen molar-refractivity contribution in [3.05, 3.63) is 79.9 Å². The number of benzene rings is 2. The van der Waals surface area contributed by atoms with Gasteiger partial charge in [-0.1, -0.05) is 69.8 Å². The molecule has 55 heavy (non-hydrogen) atoms. The molecule has 3 aromatic rings. The van der Waals surface area contributed by atoms with Crippen LogP contribution in [-0.4, -0.2) is 91.4 Å². The number of rotatable bonds is 14. The molecule has 3 aliphatic rings. The van der Waals surface area contributed by atoms with E-state index < -0.39 is 74.1 Å². The predicted molar refractivity (Wildman–Crippen MR) is 205 cm³/mol. The van der Waals surface area contributed by atoms with Gasteiger partial charge in [-0.25, -0.2) is 18.2 Å². The predicted octanol–water partition coefficient (Wildman–Crippen LogP) is 4.25. The van der Waals surface area contributed by atoms with Gasteiger partial charge in [-0.15, -0.1) is 6.58 Å².